The lowest BCUT2D eigenvalue weighted by Crippen LogP contribution is -2.26. The number of nitrogens with one attached hydrogen (secondary N) is 2. The number of amides is 2. The van der Waals surface area contributed by atoms with Crippen LogP contribution in [-0.4, -0.2) is 29.3 Å². The molecule has 23 heavy (non-hydrogen) atoms. The molecule has 1 saturated carbocycles. The zero-order valence-corrected chi connectivity index (χ0v) is 13.5. The van der Waals surface area contributed by atoms with Crippen LogP contribution in [-0.2, 0) is 6.54 Å². The predicted molar refractivity (Wildman–Crippen MR) is 86.8 cm³/mol. The molecule has 0 radical (unpaired) electrons. The SMILES string of the molecule is COc1cc(C(=O)NCc2cccc(C(=O)NC3CC3)c2)sn1. The molecule has 6 nitrogen and oxygen atoms in total. The summed E-state index contributed by atoms with van der Waals surface area (Å²) in [5.74, 6) is 0.158. The lowest BCUT2D eigenvalue weighted by Gasteiger charge is -2.07. The molecule has 2 N–H and O–H groups in total. The van der Waals surface area contributed by atoms with E-state index in [1.807, 2.05) is 12.1 Å². The van der Waals surface area contributed by atoms with E-state index in [2.05, 4.69) is 15.0 Å². The molecular weight excluding hydrogens is 314 g/mol. The number of aromatic nitrogens is 1. The van der Waals surface area contributed by atoms with Crippen LogP contribution < -0.4 is 15.4 Å². The van der Waals surface area contributed by atoms with Crippen molar-refractivity contribution < 1.29 is 14.3 Å². The Kier molecular flexibility index (Phi) is 4.57. The Balaban J connectivity index is 1.59. The summed E-state index contributed by atoms with van der Waals surface area (Å²) >= 11 is 1.09. The average Bonchev–Trinajstić information content (AvgIpc) is 3.25. The van der Waals surface area contributed by atoms with Gasteiger partial charge in [0.2, 0.25) is 5.88 Å². The molecule has 0 bridgehead atoms. The van der Waals surface area contributed by atoms with Crippen molar-refractivity contribution in [3.8, 4) is 5.88 Å². The van der Waals surface area contributed by atoms with E-state index < -0.39 is 0 Å². The normalized spacial score (nSPS) is 13.4. The minimum atomic E-state index is -0.210. The summed E-state index contributed by atoms with van der Waals surface area (Å²) < 4.78 is 8.95. The highest BCUT2D eigenvalue weighted by Crippen LogP contribution is 2.19. The molecule has 0 atom stereocenters. The maximum atomic E-state index is 12.0. The van der Waals surface area contributed by atoms with E-state index in [0.717, 1.165) is 29.9 Å². The molecule has 1 aliphatic carbocycles. The number of hydrogen-bond acceptors (Lipinski definition) is 5. The summed E-state index contributed by atoms with van der Waals surface area (Å²) in [6.07, 6.45) is 2.11. The van der Waals surface area contributed by atoms with E-state index in [9.17, 15) is 9.59 Å². The van der Waals surface area contributed by atoms with E-state index in [1.54, 1.807) is 18.2 Å². The highest BCUT2D eigenvalue weighted by Gasteiger charge is 2.23. The lowest BCUT2D eigenvalue weighted by atomic mass is 10.1. The Morgan fingerprint density at radius 2 is 2.13 bits per heavy atom. The third-order valence-electron chi connectivity index (χ3n) is 3.48. The summed E-state index contributed by atoms with van der Waals surface area (Å²) in [4.78, 5) is 24.6. The molecule has 1 aromatic heterocycles. The molecule has 0 unspecified atom stereocenters. The van der Waals surface area contributed by atoms with Crippen LogP contribution in [0.1, 0.15) is 38.4 Å². The van der Waals surface area contributed by atoms with Crippen molar-refractivity contribution in [2.75, 3.05) is 7.11 Å². The molecule has 0 aliphatic heterocycles. The third kappa shape index (κ3) is 4.07. The van der Waals surface area contributed by atoms with Gasteiger partial charge in [0.05, 0.1) is 7.11 Å². The number of hydrogen-bond donors (Lipinski definition) is 2. The highest BCUT2D eigenvalue weighted by atomic mass is 32.1. The number of benzene rings is 1. The van der Waals surface area contributed by atoms with Crippen LogP contribution in [0.25, 0.3) is 0 Å². The Hall–Kier alpha value is -2.41. The van der Waals surface area contributed by atoms with Crippen LogP contribution in [0, 0.1) is 0 Å². The first-order valence-corrected chi connectivity index (χ1v) is 8.12. The van der Waals surface area contributed by atoms with Crippen LogP contribution in [0.15, 0.2) is 30.3 Å². The van der Waals surface area contributed by atoms with Crippen molar-refractivity contribution >= 4 is 23.3 Å². The summed E-state index contributed by atoms with van der Waals surface area (Å²) in [7, 11) is 1.51. The molecule has 1 aromatic carbocycles. The predicted octanol–water partition coefficient (Wildman–Crippen LogP) is 1.97. The zero-order valence-electron chi connectivity index (χ0n) is 12.7. The number of rotatable bonds is 6. The number of ether oxygens (including phenoxy) is 1. The molecular formula is C16H17N3O3S. The molecule has 120 valence electrons. The summed E-state index contributed by atoms with van der Waals surface area (Å²) in [6.45, 7) is 0.351. The highest BCUT2D eigenvalue weighted by molar-refractivity contribution is 7.08. The first-order valence-electron chi connectivity index (χ1n) is 7.34. The van der Waals surface area contributed by atoms with E-state index in [-0.39, 0.29) is 11.8 Å². The monoisotopic (exact) mass is 331 g/mol. The molecule has 2 amide bonds. The Morgan fingerprint density at radius 3 is 2.83 bits per heavy atom. The Bertz CT molecular complexity index is 725. The van der Waals surface area contributed by atoms with Crippen LogP contribution in [0.5, 0.6) is 5.88 Å². The molecule has 2 aromatic rings. The van der Waals surface area contributed by atoms with Gasteiger partial charge in [0.15, 0.2) is 0 Å². The second kappa shape index (κ2) is 6.78. The minimum absolute atomic E-state index is 0.0622. The van der Waals surface area contributed by atoms with Gasteiger partial charge in [-0.3, -0.25) is 9.59 Å². The number of carbonyl (C=O) groups excluding carboxylic acids is 2. The van der Waals surface area contributed by atoms with Gasteiger partial charge in [0, 0.05) is 24.2 Å². The van der Waals surface area contributed by atoms with Gasteiger partial charge in [0.1, 0.15) is 4.88 Å². The molecule has 1 fully saturated rings. The van der Waals surface area contributed by atoms with Crippen molar-refractivity contribution in [3.63, 3.8) is 0 Å². The number of methoxy groups -OCH3 is 1. The number of nitrogens with zero attached hydrogens (tertiary/aromatic N) is 1. The molecule has 1 heterocycles. The fraction of sp³-hybridized carbons (Fsp3) is 0.312. The van der Waals surface area contributed by atoms with Gasteiger partial charge in [-0.2, -0.15) is 4.37 Å². The smallest absolute Gasteiger partial charge is 0.263 e. The standard InChI is InChI=1S/C16H17N3O3S/c1-22-14-8-13(23-19-14)16(21)17-9-10-3-2-4-11(7-10)15(20)18-12-5-6-12/h2-4,7-8,12H,5-6,9H2,1H3,(H,17,21)(H,18,20). The van der Waals surface area contributed by atoms with Gasteiger partial charge in [0.25, 0.3) is 11.8 Å². The van der Waals surface area contributed by atoms with Crippen LogP contribution in [0.2, 0.25) is 0 Å². The molecule has 0 saturated heterocycles. The van der Waals surface area contributed by atoms with E-state index in [1.165, 1.54) is 7.11 Å². The summed E-state index contributed by atoms with van der Waals surface area (Å²) in [5.41, 5.74) is 1.49. The molecule has 7 heteroatoms. The second-order valence-electron chi connectivity index (χ2n) is 5.36. The van der Waals surface area contributed by atoms with E-state index in [0.29, 0.717) is 28.9 Å². The minimum Gasteiger partial charge on any atom is -0.480 e. The molecule has 3 rings (SSSR count). The summed E-state index contributed by atoms with van der Waals surface area (Å²) in [5, 5.41) is 5.77. The maximum Gasteiger partial charge on any atom is 0.263 e. The lowest BCUT2D eigenvalue weighted by molar-refractivity contribution is 0.0946. The van der Waals surface area contributed by atoms with Gasteiger partial charge in [-0.15, -0.1) is 0 Å². The molecule has 1 aliphatic rings. The third-order valence-corrected chi connectivity index (χ3v) is 4.25. The van der Waals surface area contributed by atoms with Gasteiger partial charge in [-0.25, -0.2) is 0 Å². The topological polar surface area (TPSA) is 80.3 Å². The second-order valence-corrected chi connectivity index (χ2v) is 6.17. The first kappa shape index (κ1) is 15.5. The Labute approximate surface area is 138 Å². The van der Waals surface area contributed by atoms with E-state index in [4.69, 9.17) is 4.74 Å². The fourth-order valence-electron chi connectivity index (χ4n) is 2.05. The zero-order chi connectivity index (χ0) is 16.2. The quantitative estimate of drug-likeness (QED) is 0.848. The molecule has 0 spiro atoms. The fourth-order valence-corrected chi connectivity index (χ4v) is 2.67. The van der Waals surface area contributed by atoms with Crippen molar-refractivity contribution in [2.45, 2.75) is 25.4 Å². The van der Waals surface area contributed by atoms with Gasteiger partial charge >= 0.3 is 0 Å². The Morgan fingerprint density at radius 1 is 1.30 bits per heavy atom. The average molecular weight is 331 g/mol. The van der Waals surface area contributed by atoms with E-state index >= 15 is 0 Å². The van der Waals surface area contributed by atoms with Gasteiger partial charge in [-0.05, 0) is 42.1 Å². The summed E-state index contributed by atoms with van der Waals surface area (Å²) in [6, 6.07) is 9.19. The van der Waals surface area contributed by atoms with Gasteiger partial charge < -0.3 is 15.4 Å². The number of carbonyl (C=O) groups is 2. The van der Waals surface area contributed by atoms with Gasteiger partial charge in [-0.1, -0.05) is 12.1 Å². The van der Waals surface area contributed by atoms with Crippen molar-refractivity contribution in [3.05, 3.63) is 46.3 Å². The largest absolute Gasteiger partial charge is 0.480 e. The van der Waals surface area contributed by atoms with Crippen molar-refractivity contribution in [1.82, 2.24) is 15.0 Å². The maximum absolute atomic E-state index is 12.0. The van der Waals surface area contributed by atoms with Crippen LogP contribution >= 0.6 is 11.5 Å². The first-order chi connectivity index (χ1) is 11.2. The van der Waals surface area contributed by atoms with Crippen molar-refractivity contribution in [2.24, 2.45) is 0 Å². The van der Waals surface area contributed by atoms with Crippen LogP contribution in [0.3, 0.4) is 0 Å². The van der Waals surface area contributed by atoms with Crippen molar-refractivity contribution in [1.29, 1.82) is 0 Å². The van der Waals surface area contributed by atoms with Crippen LogP contribution in [0.4, 0.5) is 0 Å².